The van der Waals surface area contributed by atoms with Gasteiger partial charge >= 0.3 is 0 Å². The molecule has 0 saturated heterocycles. The van der Waals surface area contributed by atoms with Crippen LogP contribution in [0.25, 0.3) is 121 Å². The van der Waals surface area contributed by atoms with Crippen LogP contribution in [0.1, 0.15) is 0 Å². The third-order valence-corrected chi connectivity index (χ3v) is 12.3. The Morgan fingerprint density at radius 1 is 0.190 bits per heavy atom. The predicted molar refractivity (Wildman–Crippen MR) is 247 cm³/mol. The topological polar surface area (TPSA) is 0 Å². The van der Waals surface area contributed by atoms with Crippen LogP contribution in [-0.4, -0.2) is 0 Å². The Hall–Kier alpha value is -7.54. The zero-order valence-corrected chi connectivity index (χ0v) is 31.8. The highest BCUT2D eigenvalue weighted by Crippen LogP contribution is 2.60. The molecular formula is C58H36. The van der Waals surface area contributed by atoms with Gasteiger partial charge in [0.05, 0.1) is 0 Å². The van der Waals surface area contributed by atoms with E-state index >= 15 is 0 Å². The van der Waals surface area contributed by atoms with Gasteiger partial charge in [-0.3, -0.25) is 0 Å². The molecule has 0 N–H and O–H groups in total. The minimum Gasteiger partial charge on any atom is -0.0622 e. The van der Waals surface area contributed by atoms with Crippen LogP contribution in [0, 0.1) is 0 Å². The van der Waals surface area contributed by atoms with E-state index in [0.29, 0.717) is 0 Å². The monoisotopic (exact) mass is 732 g/mol. The molecule has 0 aromatic heterocycles. The molecule has 4 aliphatic carbocycles. The van der Waals surface area contributed by atoms with Gasteiger partial charge in [0.15, 0.2) is 0 Å². The van der Waals surface area contributed by atoms with Crippen molar-refractivity contribution in [2.75, 3.05) is 0 Å². The first-order valence-corrected chi connectivity index (χ1v) is 20.2. The lowest BCUT2D eigenvalue weighted by molar-refractivity contribution is 1.62. The molecule has 0 unspecified atom stereocenters. The molecule has 268 valence electrons. The van der Waals surface area contributed by atoms with Crippen molar-refractivity contribution in [1.29, 1.82) is 0 Å². The maximum atomic E-state index is 2.45. The van der Waals surface area contributed by atoms with Gasteiger partial charge in [-0.15, -0.1) is 0 Å². The van der Waals surface area contributed by atoms with Crippen LogP contribution in [0.4, 0.5) is 0 Å². The molecule has 58 heavy (non-hydrogen) atoms. The summed E-state index contributed by atoms with van der Waals surface area (Å²) in [7, 11) is 0. The van der Waals surface area contributed by atoms with E-state index in [1.165, 1.54) is 121 Å². The van der Waals surface area contributed by atoms with Crippen molar-refractivity contribution in [1.82, 2.24) is 0 Å². The fourth-order valence-corrected chi connectivity index (χ4v) is 10.0. The summed E-state index contributed by atoms with van der Waals surface area (Å²) >= 11 is 0. The molecule has 0 fully saturated rings. The molecule has 0 bridgehead atoms. The fraction of sp³-hybridized carbons (Fsp3) is 0. The maximum Gasteiger partial charge on any atom is -0.000741 e. The Bertz CT molecular complexity index is 3090. The quantitative estimate of drug-likeness (QED) is 0.160. The van der Waals surface area contributed by atoms with Crippen molar-refractivity contribution in [3.05, 3.63) is 218 Å². The van der Waals surface area contributed by atoms with Gasteiger partial charge in [-0.05, 0) is 133 Å². The van der Waals surface area contributed by atoms with Crippen molar-refractivity contribution in [2.45, 2.75) is 0 Å². The summed E-state index contributed by atoms with van der Waals surface area (Å²) in [5.41, 5.74) is 20.4. The SMILES string of the molecule is c1ccc(-c2c3cc4ccc5c(ccc6cc7c(-c8ccccc8)c(-c8ccccc8)c(-c8ccccc8)c-7c65)c4c-3c(-c3ccccc3)c2-c2ccccc2)cc1. The van der Waals surface area contributed by atoms with Gasteiger partial charge in [0.25, 0.3) is 0 Å². The van der Waals surface area contributed by atoms with Crippen molar-refractivity contribution < 1.29 is 0 Å². The first-order valence-electron chi connectivity index (χ1n) is 20.2. The molecule has 0 radical (unpaired) electrons. The minimum absolute atomic E-state index is 1.23. The van der Waals surface area contributed by atoms with E-state index in [0.717, 1.165) is 0 Å². The van der Waals surface area contributed by atoms with E-state index in [1.54, 1.807) is 0 Å². The number of hydrogen-bond donors (Lipinski definition) is 0. The van der Waals surface area contributed by atoms with Gasteiger partial charge in [0, 0.05) is 0 Å². The molecule has 0 aliphatic heterocycles. The van der Waals surface area contributed by atoms with Crippen molar-refractivity contribution in [3.63, 3.8) is 0 Å². The number of hydrogen-bond acceptors (Lipinski definition) is 0. The number of benzene rings is 8. The summed E-state index contributed by atoms with van der Waals surface area (Å²) in [4.78, 5) is 0. The van der Waals surface area contributed by atoms with Crippen LogP contribution in [-0.2, 0) is 0 Å². The highest BCUT2D eigenvalue weighted by atomic mass is 14.3. The normalized spacial score (nSPS) is 11.8. The second-order valence-electron chi connectivity index (χ2n) is 15.5. The first-order chi connectivity index (χ1) is 28.8. The molecule has 4 aliphatic rings. The molecule has 0 saturated carbocycles. The highest BCUT2D eigenvalue weighted by molar-refractivity contribution is 6.33. The Labute approximate surface area is 338 Å². The molecule has 8 aromatic rings. The van der Waals surface area contributed by atoms with Crippen molar-refractivity contribution >= 4 is 32.3 Å². The number of rotatable bonds is 6. The molecule has 0 heteroatoms. The van der Waals surface area contributed by atoms with E-state index in [9.17, 15) is 0 Å². The van der Waals surface area contributed by atoms with E-state index < -0.39 is 0 Å². The predicted octanol–water partition coefficient (Wildman–Crippen LogP) is 16.2. The smallest absolute Gasteiger partial charge is 0.000741 e. The van der Waals surface area contributed by atoms with Gasteiger partial charge in [-0.1, -0.05) is 206 Å². The maximum absolute atomic E-state index is 2.45. The Kier molecular flexibility index (Phi) is 7.33. The van der Waals surface area contributed by atoms with Crippen LogP contribution >= 0.6 is 0 Å². The molecular weight excluding hydrogens is 697 g/mol. The zero-order valence-electron chi connectivity index (χ0n) is 31.8. The number of fused-ring (bicyclic) bond motifs is 9. The average Bonchev–Trinajstić information content (AvgIpc) is 4.04. The van der Waals surface area contributed by atoms with Crippen LogP contribution in [0.5, 0.6) is 0 Å². The summed E-state index contributed by atoms with van der Waals surface area (Å²) in [6.07, 6.45) is 0. The van der Waals surface area contributed by atoms with Crippen LogP contribution < -0.4 is 0 Å². The third kappa shape index (κ3) is 4.82. The van der Waals surface area contributed by atoms with Gasteiger partial charge < -0.3 is 0 Å². The molecule has 8 aromatic carbocycles. The second kappa shape index (κ2) is 13.0. The molecule has 12 rings (SSSR count). The molecule has 0 atom stereocenters. The Balaban J connectivity index is 1.25. The van der Waals surface area contributed by atoms with Crippen LogP contribution in [0.15, 0.2) is 218 Å². The minimum atomic E-state index is 1.23. The highest BCUT2D eigenvalue weighted by Gasteiger charge is 2.33. The molecule has 0 amide bonds. The standard InChI is InChI=1S/C58H36/c1-7-19-37(20-8-1)49-47-35-43-31-33-46-45(51(43)57(47)55(41-27-15-5-16-28-41)53(49)39-23-11-3-12-24-39)34-32-44-36-48-50(38-21-9-2-10-22-38)54(40-25-13-4-14-26-40)56(58(48)52(44)46)42-29-17-6-18-30-42/h1-36H. The van der Waals surface area contributed by atoms with E-state index in [4.69, 9.17) is 0 Å². The van der Waals surface area contributed by atoms with Crippen molar-refractivity contribution in [2.24, 2.45) is 0 Å². The third-order valence-electron chi connectivity index (χ3n) is 12.3. The summed E-state index contributed by atoms with van der Waals surface area (Å²) < 4.78 is 0. The largest absolute Gasteiger partial charge is 0.0622 e. The van der Waals surface area contributed by atoms with Crippen LogP contribution in [0.3, 0.4) is 0 Å². The van der Waals surface area contributed by atoms with Gasteiger partial charge in [-0.25, -0.2) is 0 Å². The average molecular weight is 733 g/mol. The van der Waals surface area contributed by atoms with E-state index in [-0.39, 0.29) is 0 Å². The van der Waals surface area contributed by atoms with Gasteiger partial charge in [0.2, 0.25) is 0 Å². The lowest BCUT2D eigenvalue weighted by atomic mass is 9.90. The Morgan fingerprint density at radius 3 is 0.707 bits per heavy atom. The molecule has 0 nitrogen and oxygen atoms in total. The van der Waals surface area contributed by atoms with Gasteiger partial charge in [-0.2, -0.15) is 0 Å². The molecule has 0 spiro atoms. The summed E-state index contributed by atoms with van der Waals surface area (Å²) in [6.45, 7) is 0. The fourth-order valence-electron chi connectivity index (χ4n) is 10.0. The lowest BCUT2D eigenvalue weighted by Crippen LogP contribution is -1.85. The zero-order chi connectivity index (χ0) is 38.2. The van der Waals surface area contributed by atoms with E-state index in [2.05, 4.69) is 218 Å². The Morgan fingerprint density at radius 2 is 0.431 bits per heavy atom. The summed E-state index contributed by atoms with van der Waals surface area (Å²) in [6, 6.07) is 80.5. The van der Waals surface area contributed by atoms with Crippen molar-refractivity contribution in [3.8, 4) is 89.0 Å². The first kappa shape index (κ1) is 32.7. The van der Waals surface area contributed by atoms with E-state index in [1.807, 2.05) is 0 Å². The molecule has 0 heterocycles. The van der Waals surface area contributed by atoms with Gasteiger partial charge in [0.1, 0.15) is 0 Å². The lowest BCUT2D eigenvalue weighted by Gasteiger charge is -2.12. The second-order valence-corrected chi connectivity index (χ2v) is 15.5. The summed E-state index contributed by atoms with van der Waals surface area (Å²) in [5, 5.41) is 7.76. The van der Waals surface area contributed by atoms with Crippen LogP contribution in [0.2, 0.25) is 0 Å². The summed E-state index contributed by atoms with van der Waals surface area (Å²) in [5.74, 6) is 0.